The molecule has 1 atom stereocenters. The molecule has 0 aliphatic carbocycles. The molecule has 0 radical (unpaired) electrons. The minimum absolute atomic E-state index is 0.0434. The van der Waals surface area contributed by atoms with Crippen molar-refractivity contribution in [3.63, 3.8) is 0 Å². The minimum Gasteiger partial charge on any atom is -0.426 e. The fourth-order valence-corrected chi connectivity index (χ4v) is 2.17. The van der Waals surface area contributed by atoms with E-state index in [1.807, 2.05) is 30.3 Å². The molecule has 0 spiro atoms. The molecule has 106 valence electrons. The van der Waals surface area contributed by atoms with E-state index in [2.05, 4.69) is 13.8 Å². The molecule has 2 heteroatoms. The summed E-state index contributed by atoms with van der Waals surface area (Å²) < 4.78 is 5.41. The maximum absolute atomic E-state index is 12.0. The van der Waals surface area contributed by atoms with E-state index in [-0.39, 0.29) is 11.9 Å². The van der Waals surface area contributed by atoms with Crippen LogP contribution in [-0.4, -0.2) is 5.97 Å². The first-order valence-corrected chi connectivity index (χ1v) is 7.54. The number of carbonyl (C=O) groups excluding carboxylic acids is 1. The highest BCUT2D eigenvalue weighted by molar-refractivity contribution is 5.74. The molecule has 1 aromatic carbocycles. The summed E-state index contributed by atoms with van der Waals surface area (Å²) in [4.78, 5) is 12.0. The highest BCUT2D eigenvalue weighted by Crippen LogP contribution is 2.18. The summed E-state index contributed by atoms with van der Waals surface area (Å²) in [5.74, 6) is 0.614. The first kappa shape index (κ1) is 15.7. The topological polar surface area (TPSA) is 26.3 Å². The van der Waals surface area contributed by atoms with Gasteiger partial charge >= 0.3 is 5.97 Å². The average Bonchev–Trinajstić information content (AvgIpc) is 2.44. The summed E-state index contributed by atoms with van der Waals surface area (Å²) in [6.45, 7) is 4.27. The van der Waals surface area contributed by atoms with Gasteiger partial charge in [-0.15, -0.1) is 0 Å². The lowest BCUT2D eigenvalue weighted by Crippen LogP contribution is -2.20. The first-order valence-electron chi connectivity index (χ1n) is 7.54. The van der Waals surface area contributed by atoms with Crippen molar-refractivity contribution in [1.82, 2.24) is 0 Å². The second-order valence-corrected chi connectivity index (χ2v) is 5.04. The maximum Gasteiger partial charge on any atom is 0.314 e. The van der Waals surface area contributed by atoms with Gasteiger partial charge in [0, 0.05) is 0 Å². The van der Waals surface area contributed by atoms with Gasteiger partial charge in [0.1, 0.15) is 5.75 Å². The van der Waals surface area contributed by atoms with E-state index in [1.165, 1.54) is 25.7 Å². The van der Waals surface area contributed by atoms with Crippen molar-refractivity contribution in [1.29, 1.82) is 0 Å². The smallest absolute Gasteiger partial charge is 0.314 e. The Bertz CT molecular complexity index is 346. The lowest BCUT2D eigenvalue weighted by Gasteiger charge is -2.13. The molecule has 0 aliphatic heterocycles. The van der Waals surface area contributed by atoms with Gasteiger partial charge in [0.15, 0.2) is 0 Å². The van der Waals surface area contributed by atoms with Crippen molar-refractivity contribution in [2.45, 2.75) is 58.8 Å². The fourth-order valence-electron chi connectivity index (χ4n) is 2.17. The summed E-state index contributed by atoms with van der Waals surface area (Å²) >= 11 is 0. The molecule has 19 heavy (non-hydrogen) atoms. The van der Waals surface area contributed by atoms with E-state index in [0.29, 0.717) is 5.75 Å². The van der Waals surface area contributed by atoms with Crippen LogP contribution in [0.15, 0.2) is 30.3 Å². The SMILES string of the molecule is CCCCCCCC(CC)C(=O)Oc1ccccc1. The van der Waals surface area contributed by atoms with E-state index >= 15 is 0 Å². The second kappa shape index (κ2) is 9.60. The number of rotatable bonds is 9. The fraction of sp³-hybridized carbons (Fsp3) is 0.588. The summed E-state index contributed by atoms with van der Waals surface area (Å²) in [6, 6.07) is 9.34. The van der Waals surface area contributed by atoms with Crippen molar-refractivity contribution >= 4 is 5.97 Å². The number of benzene rings is 1. The number of carbonyl (C=O) groups is 1. The zero-order valence-corrected chi connectivity index (χ0v) is 12.2. The number of esters is 1. The molecule has 0 N–H and O–H groups in total. The van der Waals surface area contributed by atoms with Crippen LogP contribution in [0.3, 0.4) is 0 Å². The third kappa shape index (κ3) is 6.42. The van der Waals surface area contributed by atoms with Crippen molar-refractivity contribution in [2.24, 2.45) is 5.92 Å². The van der Waals surface area contributed by atoms with Crippen molar-refractivity contribution < 1.29 is 9.53 Å². The van der Waals surface area contributed by atoms with E-state index < -0.39 is 0 Å². The molecule has 1 rings (SSSR count). The molecule has 1 aromatic rings. The molecule has 0 fully saturated rings. The summed E-state index contributed by atoms with van der Waals surface area (Å²) in [7, 11) is 0. The number of hydrogen-bond acceptors (Lipinski definition) is 2. The molecule has 0 aromatic heterocycles. The van der Waals surface area contributed by atoms with E-state index in [1.54, 1.807) is 0 Å². The van der Waals surface area contributed by atoms with Gasteiger partial charge in [-0.1, -0.05) is 64.2 Å². The Morgan fingerprint density at radius 2 is 1.74 bits per heavy atom. The van der Waals surface area contributed by atoms with Crippen LogP contribution < -0.4 is 4.74 Å². The number of ether oxygens (including phenoxy) is 1. The minimum atomic E-state index is -0.0795. The number of hydrogen-bond donors (Lipinski definition) is 0. The van der Waals surface area contributed by atoms with Crippen LogP contribution in [0, 0.1) is 5.92 Å². The largest absolute Gasteiger partial charge is 0.426 e. The summed E-state index contributed by atoms with van der Waals surface area (Å²) in [5, 5.41) is 0. The van der Waals surface area contributed by atoms with Gasteiger partial charge in [-0.05, 0) is 25.0 Å². The predicted octanol–water partition coefficient (Wildman–Crippen LogP) is 4.98. The van der Waals surface area contributed by atoms with Gasteiger partial charge in [-0.3, -0.25) is 4.79 Å². The Labute approximate surface area is 117 Å². The summed E-state index contributed by atoms with van der Waals surface area (Å²) in [5.41, 5.74) is 0. The summed E-state index contributed by atoms with van der Waals surface area (Å²) in [6.07, 6.45) is 8.00. The Kier molecular flexibility index (Phi) is 7.95. The van der Waals surface area contributed by atoms with E-state index in [0.717, 1.165) is 19.3 Å². The Morgan fingerprint density at radius 1 is 1.05 bits per heavy atom. The van der Waals surface area contributed by atoms with Crippen LogP contribution in [0.4, 0.5) is 0 Å². The number of para-hydroxylation sites is 1. The third-order valence-electron chi connectivity index (χ3n) is 3.44. The second-order valence-electron chi connectivity index (χ2n) is 5.04. The highest BCUT2D eigenvalue weighted by Gasteiger charge is 2.18. The zero-order chi connectivity index (χ0) is 13.9. The standard InChI is InChI=1S/C17H26O2/c1-3-5-6-7-9-12-15(4-2)17(18)19-16-13-10-8-11-14-16/h8,10-11,13-15H,3-7,9,12H2,1-2H3. The Balaban J connectivity index is 2.31. The third-order valence-corrected chi connectivity index (χ3v) is 3.44. The highest BCUT2D eigenvalue weighted by atomic mass is 16.5. The van der Waals surface area contributed by atoms with Gasteiger partial charge < -0.3 is 4.74 Å². The Hall–Kier alpha value is -1.31. The van der Waals surface area contributed by atoms with Gasteiger partial charge in [0.05, 0.1) is 5.92 Å². The van der Waals surface area contributed by atoms with Crippen LogP contribution in [0.2, 0.25) is 0 Å². The molecule has 2 nitrogen and oxygen atoms in total. The van der Waals surface area contributed by atoms with Gasteiger partial charge in [0.2, 0.25) is 0 Å². The molecule has 0 amide bonds. The average molecular weight is 262 g/mol. The molecular weight excluding hydrogens is 236 g/mol. The quantitative estimate of drug-likeness (QED) is 0.356. The monoisotopic (exact) mass is 262 g/mol. The predicted molar refractivity (Wildman–Crippen MR) is 79.2 cm³/mol. The molecule has 1 unspecified atom stereocenters. The lowest BCUT2D eigenvalue weighted by atomic mass is 9.98. The van der Waals surface area contributed by atoms with Crippen LogP contribution in [0.1, 0.15) is 58.8 Å². The van der Waals surface area contributed by atoms with Gasteiger partial charge in [-0.2, -0.15) is 0 Å². The normalized spacial score (nSPS) is 12.1. The van der Waals surface area contributed by atoms with E-state index in [9.17, 15) is 4.79 Å². The van der Waals surface area contributed by atoms with Crippen LogP contribution in [0.5, 0.6) is 5.75 Å². The molecule has 0 saturated heterocycles. The number of unbranched alkanes of at least 4 members (excludes halogenated alkanes) is 4. The molecule has 0 heterocycles. The van der Waals surface area contributed by atoms with Crippen molar-refractivity contribution in [3.05, 3.63) is 30.3 Å². The zero-order valence-electron chi connectivity index (χ0n) is 12.2. The van der Waals surface area contributed by atoms with Crippen molar-refractivity contribution in [3.8, 4) is 5.75 Å². The van der Waals surface area contributed by atoms with Crippen LogP contribution in [0.25, 0.3) is 0 Å². The van der Waals surface area contributed by atoms with Crippen LogP contribution in [-0.2, 0) is 4.79 Å². The first-order chi connectivity index (χ1) is 9.27. The maximum atomic E-state index is 12.0. The Morgan fingerprint density at radius 3 is 2.37 bits per heavy atom. The van der Waals surface area contributed by atoms with Crippen LogP contribution >= 0.6 is 0 Å². The lowest BCUT2D eigenvalue weighted by molar-refractivity contribution is -0.139. The van der Waals surface area contributed by atoms with Gasteiger partial charge in [-0.25, -0.2) is 0 Å². The van der Waals surface area contributed by atoms with Gasteiger partial charge in [0.25, 0.3) is 0 Å². The van der Waals surface area contributed by atoms with E-state index in [4.69, 9.17) is 4.74 Å². The molecule has 0 aliphatic rings. The molecule has 0 saturated carbocycles. The molecule has 0 bridgehead atoms. The molecular formula is C17H26O2. The van der Waals surface area contributed by atoms with Crippen molar-refractivity contribution in [2.75, 3.05) is 0 Å².